The van der Waals surface area contributed by atoms with E-state index in [4.69, 9.17) is 28.4 Å². The summed E-state index contributed by atoms with van der Waals surface area (Å²) in [5.74, 6) is 1.84. The summed E-state index contributed by atoms with van der Waals surface area (Å²) in [5.41, 5.74) is 4.59. The van der Waals surface area contributed by atoms with E-state index in [1.807, 2.05) is 43.4 Å². The van der Waals surface area contributed by atoms with Crippen molar-refractivity contribution in [3.05, 3.63) is 101 Å². The van der Waals surface area contributed by atoms with E-state index in [0.29, 0.717) is 59.8 Å². The molecule has 284 valence electrons. The Balaban J connectivity index is 1.31. The number of benzene rings is 5. The molecular formula is C43H47NO10. The Bertz CT molecular complexity index is 2120. The second-order valence-electron chi connectivity index (χ2n) is 13.9. The number of rotatable bonds is 13. The van der Waals surface area contributed by atoms with Gasteiger partial charge in [-0.05, 0) is 97.2 Å². The van der Waals surface area contributed by atoms with Crippen molar-refractivity contribution in [1.82, 2.24) is 5.32 Å². The number of methoxy groups -OCH3 is 3. The van der Waals surface area contributed by atoms with E-state index < -0.39 is 24.2 Å². The van der Waals surface area contributed by atoms with E-state index >= 15 is 0 Å². The van der Waals surface area contributed by atoms with Crippen LogP contribution in [0.2, 0.25) is 0 Å². The van der Waals surface area contributed by atoms with Gasteiger partial charge in [-0.3, -0.25) is 5.32 Å². The van der Waals surface area contributed by atoms with Crippen molar-refractivity contribution in [3.63, 3.8) is 0 Å². The Kier molecular flexibility index (Phi) is 11.0. The summed E-state index contributed by atoms with van der Waals surface area (Å²) in [7, 11) is 6.66. The van der Waals surface area contributed by atoms with Crippen LogP contribution in [0.5, 0.6) is 40.2 Å². The predicted octanol–water partition coefficient (Wildman–Crippen LogP) is 7.01. The van der Waals surface area contributed by atoms with Gasteiger partial charge in [0.25, 0.3) is 0 Å². The molecule has 11 heteroatoms. The molecule has 5 aromatic rings. The molecule has 0 aromatic heterocycles. The number of nitrogens with one attached hydrogen (secondary N) is 1. The number of hydrogen-bond donors (Lipinski definition) is 5. The third kappa shape index (κ3) is 7.20. The Labute approximate surface area is 314 Å². The van der Waals surface area contributed by atoms with Gasteiger partial charge in [0.15, 0.2) is 0 Å². The number of fused-ring (bicyclic) bond motifs is 4. The van der Waals surface area contributed by atoms with E-state index in [-0.39, 0.29) is 36.5 Å². The Hall–Kier alpha value is -5.20. The van der Waals surface area contributed by atoms with E-state index in [0.717, 1.165) is 33.2 Å². The van der Waals surface area contributed by atoms with Crippen molar-refractivity contribution in [1.29, 1.82) is 0 Å². The average molecular weight is 738 g/mol. The summed E-state index contributed by atoms with van der Waals surface area (Å²) < 4.78 is 37.3. The third-order valence-corrected chi connectivity index (χ3v) is 10.6. The largest absolute Gasteiger partial charge is 0.508 e. The summed E-state index contributed by atoms with van der Waals surface area (Å²) >= 11 is 0. The minimum atomic E-state index is -0.989. The van der Waals surface area contributed by atoms with Crippen molar-refractivity contribution in [3.8, 4) is 51.4 Å². The van der Waals surface area contributed by atoms with Gasteiger partial charge in [0.2, 0.25) is 0 Å². The molecule has 11 nitrogen and oxygen atoms in total. The van der Waals surface area contributed by atoms with Crippen LogP contribution in [-0.4, -0.2) is 74.9 Å². The van der Waals surface area contributed by atoms with Crippen LogP contribution >= 0.6 is 0 Å². The second-order valence-corrected chi connectivity index (χ2v) is 13.9. The highest BCUT2D eigenvalue weighted by Crippen LogP contribution is 2.54. The van der Waals surface area contributed by atoms with E-state index in [9.17, 15) is 20.4 Å². The molecule has 0 saturated carbocycles. The number of phenolic OH excluding ortho intramolecular Hbond substituents is 3. The van der Waals surface area contributed by atoms with Crippen LogP contribution in [0, 0.1) is 11.8 Å². The van der Waals surface area contributed by atoms with Crippen LogP contribution < -0.4 is 24.3 Å². The average Bonchev–Trinajstić information content (AvgIpc) is 3.17. The monoisotopic (exact) mass is 737 g/mol. The van der Waals surface area contributed by atoms with Gasteiger partial charge in [0.05, 0.1) is 39.8 Å². The molecule has 54 heavy (non-hydrogen) atoms. The van der Waals surface area contributed by atoms with Gasteiger partial charge in [-0.1, -0.05) is 18.2 Å². The lowest BCUT2D eigenvalue weighted by molar-refractivity contribution is -0.115. The Morgan fingerprint density at radius 3 is 2.35 bits per heavy atom. The number of aliphatic hydroxyl groups is 1. The summed E-state index contributed by atoms with van der Waals surface area (Å²) in [4.78, 5) is 0. The van der Waals surface area contributed by atoms with Crippen LogP contribution in [-0.2, 0) is 15.9 Å². The van der Waals surface area contributed by atoms with Gasteiger partial charge in [0, 0.05) is 59.4 Å². The molecule has 0 fully saturated rings. The van der Waals surface area contributed by atoms with Gasteiger partial charge in [-0.2, -0.15) is 0 Å². The third-order valence-electron chi connectivity index (χ3n) is 10.6. The molecule has 2 aliphatic rings. The quantitative estimate of drug-likeness (QED) is 0.0628. The highest BCUT2D eigenvalue weighted by Gasteiger charge is 2.49. The van der Waals surface area contributed by atoms with Gasteiger partial charge < -0.3 is 48.8 Å². The molecule has 2 heterocycles. The van der Waals surface area contributed by atoms with E-state index in [1.165, 1.54) is 0 Å². The minimum Gasteiger partial charge on any atom is -0.508 e. The van der Waals surface area contributed by atoms with Crippen LogP contribution in [0.1, 0.15) is 47.3 Å². The van der Waals surface area contributed by atoms with Crippen LogP contribution in [0.4, 0.5) is 0 Å². The summed E-state index contributed by atoms with van der Waals surface area (Å²) in [6.45, 7) is 0.950. The van der Waals surface area contributed by atoms with E-state index in [1.54, 1.807) is 63.8 Å². The first-order valence-electron chi connectivity index (χ1n) is 18.1. The molecule has 5 aromatic carbocycles. The molecule has 5 atom stereocenters. The van der Waals surface area contributed by atoms with Crippen molar-refractivity contribution in [2.75, 3.05) is 48.3 Å². The lowest BCUT2D eigenvalue weighted by Gasteiger charge is -2.46. The maximum Gasteiger partial charge on any atom is 0.133 e. The zero-order chi connectivity index (χ0) is 37.9. The van der Waals surface area contributed by atoms with Crippen LogP contribution in [0.3, 0.4) is 0 Å². The fourth-order valence-corrected chi connectivity index (χ4v) is 8.11. The fourth-order valence-electron chi connectivity index (χ4n) is 8.11. The summed E-state index contributed by atoms with van der Waals surface area (Å²) in [6.07, 6.45) is -0.231. The molecule has 0 aliphatic carbocycles. The molecule has 0 spiro atoms. The van der Waals surface area contributed by atoms with Crippen molar-refractivity contribution >= 4 is 10.8 Å². The topological polar surface area (TPSA) is 148 Å². The Morgan fingerprint density at radius 1 is 0.796 bits per heavy atom. The first-order chi connectivity index (χ1) is 26.2. The normalized spacial score (nSPS) is 20.4. The van der Waals surface area contributed by atoms with Gasteiger partial charge in [-0.25, -0.2) is 0 Å². The lowest BCUT2D eigenvalue weighted by Crippen LogP contribution is -2.47. The number of phenols is 3. The van der Waals surface area contributed by atoms with Crippen molar-refractivity contribution in [2.45, 2.75) is 37.6 Å². The fraction of sp³-hybridized carbons (Fsp3) is 0.349. The first kappa shape index (κ1) is 37.1. The standard InChI is InChI=1S/C43H47NO10/c1-44-23-53-43-35-21-38(51-4)33-19-29(47)11-13-32(33)42(35)54-37(9-6-14-49-2)39(43)36-22-52-41-26(18-30(50-3)20-34(41)40(36)48)15-25-17-28(46)10-12-31(25)24-7-5-8-27(45)16-24/h5,7-8,10-13,16-21,36-37,39-40,43-48H,6,9,14-15,22-23H2,1-4H3. The van der Waals surface area contributed by atoms with Gasteiger partial charge in [0.1, 0.15) is 46.4 Å². The molecule has 5 unspecified atom stereocenters. The maximum atomic E-state index is 12.5. The minimum absolute atomic E-state index is 0.109. The second kappa shape index (κ2) is 16.0. The first-order valence-corrected chi connectivity index (χ1v) is 18.1. The maximum absolute atomic E-state index is 12.5. The van der Waals surface area contributed by atoms with Crippen molar-refractivity contribution < 1.29 is 48.8 Å². The number of hydrogen-bond acceptors (Lipinski definition) is 11. The van der Waals surface area contributed by atoms with Crippen LogP contribution in [0.25, 0.3) is 21.9 Å². The highest BCUT2D eigenvalue weighted by atomic mass is 16.5. The van der Waals surface area contributed by atoms with Crippen molar-refractivity contribution in [2.24, 2.45) is 11.8 Å². The molecule has 2 aliphatic heterocycles. The highest BCUT2D eigenvalue weighted by molar-refractivity contribution is 5.96. The molecule has 5 N–H and O–H groups in total. The molecule has 0 bridgehead atoms. The predicted molar refractivity (Wildman–Crippen MR) is 204 cm³/mol. The molecular weight excluding hydrogens is 690 g/mol. The molecule has 0 radical (unpaired) electrons. The van der Waals surface area contributed by atoms with E-state index in [2.05, 4.69) is 5.32 Å². The molecule has 0 amide bonds. The molecule has 7 rings (SSSR count). The number of aromatic hydroxyl groups is 3. The SMILES string of the molecule is CNCOC1c2cc(OC)c3cc(O)ccc3c2OC(CCCOC)C1C1COc2c(Cc3cc(O)ccc3-c3cccc(O)c3)cc(OC)cc2C1O. The van der Waals surface area contributed by atoms with Gasteiger partial charge in [-0.15, -0.1) is 0 Å². The van der Waals surface area contributed by atoms with Crippen LogP contribution in [0.15, 0.2) is 78.9 Å². The zero-order valence-corrected chi connectivity index (χ0v) is 30.9. The van der Waals surface area contributed by atoms with Gasteiger partial charge >= 0.3 is 0 Å². The Morgan fingerprint density at radius 2 is 1.59 bits per heavy atom. The summed E-state index contributed by atoms with van der Waals surface area (Å²) in [6, 6.07) is 22.9. The number of aliphatic hydroxyl groups excluding tert-OH is 1. The summed E-state index contributed by atoms with van der Waals surface area (Å²) in [5, 5.41) is 48.2. The lowest BCUT2D eigenvalue weighted by atomic mass is 9.72. The zero-order valence-electron chi connectivity index (χ0n) is 30.9. The molecule has 0 saturated heterocycles. The smallest absolute Gasteiger partial charge is 0.133 e. The number of ether oxygens (including phenoxy) is 6.